The Hall–Kier alpha value is -1.04. The summed E-state index contributed by atoms with van der Waals surface area (Å²) in [5.41, 5.74) is 1.77. The highest BCUT2D eigenvalue weighted by Gasteiger charge is 2.29. The number of aromatic amines is 1. The lowest BCUT2D eigenvalue weighted by Crippen LogP contribution is -2.30. The van der Waals surface area contributed by atoms with Crippen molar-refractivity contribution < 1.29 is 13.2 Å². The van der Waals surface area contributed by atoms with Gasteiger partial charge in [0, 0.05) is 23.8 Å². The maximum absolute atomic E-state index is 12.0. The molecule has 2 N–H and O–H groups in total. The van der Waals surface area contributed by atoms with Crippen LogP contribution in [0.25, 0.3) is 0 Å². The third-order valence-electron chi connectivity index (χ3n) is 2.11. The zero-order valence-electron chi connectivity index (χ0n) is 8.65. The van der Waals surface area contributed by atoms with E-state index in [-0.39, 0.29) is 0 Å². The number of nitrogens with zero attached hydrogens (tertiary/aromatic N) is 1. The lowest BCUT2D eigenvalue weighted by molar-refractivity contribution is -0.139. The first kappa shape index (κ1) is 12.0. The van der Waals surface area contributed by atoms with Crippen LogP contribution in [0.5, 0.6) is 0 Å². The average Bonchev–Trinajstić information content (AvgIpc) is 2.44. The van der Waals surface area contributed by atoms with E-state index in [1.165, 1.54) is 6.92 Å². The van der Waals surface area contributed by atoms with Crippen molar-refractivity contribution >= 4 is 0 Å². The third kappa shape index (κ3) is 4.33. The van der Waals surface area contributed by atoms with Crippen molar-refractivity contribution in [3.8, 4) is 0 Å². The van der Waals surface area contributed by atoms with Crippen LogP contribution >= 0.6 is 0 Å². The molecule has 86 valence electrons. The fourth-order valence-corrected chi connectivity index (χ4v) is 1.26. The molecule has 0 saturated carbocycles. The summed E-state index contributed by atoms with van der Waals surface area (Å²) in [6, 6.07) is -0.584. The molecule has 0 aliphatic carbocycles. The molecular formula is C9H14F3N3. The van der Waals surface area contributed by atoms with Gasteiger partial charge in [-0.25, -0.2) is 0 Å². The quantitative estimate of drug-likeness (QED) is 0.817. The summed E-state index contributed by atoms with van der Waals surface area (Å²) in [4.78, 5) is 0. The number of hydrogen-bond acceptors (Lipinski definition) is 2. The summed E-state index contributed by atoms with van der Waals surface area (Å²) in [7, 11) is 0. The zero-order valence-corrected chi connectivity index (χ0v) is 8.65. The van der Waals surface area contributed by atoms with E-state index in [4.69, 9.17) is 0 Å². The zero-order chi connectivity index (χ0) is 11.5. The van der Waals surface area contributed by atoms with Crippen LogP contribution in [-0.4, -0.2) is 22.4 Å². The van der Waals surface area contributed by atoms with Gasteiger partial charge in [-0.1, -0.05) is 0 Å². The SMILES string of the molecule is Cc1[nH]ncc1CNC(C)CC(F)(F)F. The predicted octanol–water partition coefficient (Wildman–Crippen LogP) is 2.15. The van der Waals surface area contributed by atoms with Gasteiger partial charge in [-0.15, -0.1) is 0 Å². The number of hydrogen-bond donors (Lipinski definition) is 2. The first-order chi connectivity index (χ1) is 6.88. The number of aryl methyl sites for hydroxylation is 1. The minimum atomic E-state index is -4.11. The Kier molecular flexibility index (Phi) is 3.73. The van der Waals surface area contributed by atoms with E-state index < -0.39 is 18.6 Å². The van der Waals surface area contributed by atoms with Crippen molar-refractivity contribution in [1.82, 2.24) is 15.5 Å². The molecule has 0 aromatic carbocycles. The highest BCUT2D eigenvalue weighted by atomic mass is 19.4. The van der Waals surface area contributed by atoms with Gasteiger partial charge >= 0.3 is 6.18 Å². The second-order valence-electron chi connectivity index (χ2n) is 3.62. The molecule has 1 unspecified atom stereocenters. The maximum atomic E-state index is 12.0. The fraction of sp³-hybridized carbons (Fsp3) is 0.667. The lowest BCUT2D eigenvalue weighted by atomic mass is 10.2. The molecule has 0 bridgehead atoms. The molecule has 0 saturated heterocycles. The smallest absolute Gasteiger partial charge is 0.310 e. The van der Waals surface area contributed by atoms with E-state index in [1.54, 1.807) is 6.20 Å². The summed E-state index contributed by atoms with van der Waals surface area (Å²) >= 11 is 0. The molecule has 0 aliphatic rings. The van der Waals surface area contributed by atoms with E-state index >= 15 is 0 Å². The van der Waals surface area contributed by atoms with Crippen LogP contribution in [0.15, 0.2) is 6.20 Å². The normalized spacial score (nSPS) is 14.2. The van der Waals surface area contributed by atoms with Crippen LogP contribution in [0, 0.1) is 6.92 Å². The highest BCUT2D eigenvalue weighted by molar-refractivity contribution is 5.13. The Morgan fingerprint density at radius 1 is 1.53 bits per heavy atom. The molecule has 15 heavy (non-hydrogen) atoms. The number of alkyl halides is 3. The van der Waals surface area contributed by atoms with E-state index in [0.717, 1.165) is 11.3 Å². The molecule has 0 amide bonds. The first-order valence-electron chi connectivity index (χ1n) is 4.67. The summed E-state index contributed by atoms with van der Waals surface area (Å²) in [5.74, 6) is 0. The van der Waals surface area contributed by atoms with Gasteiger partial charge in [0.25, 0.3) is 0 Å². The molecule has 3 nitrogen and oxygen atoms in total. The van der Waals surface area contributed by atoms with Gasteiger partial charge < -0.3 is 5.32 Å². The third-order valence-corrected chi connectivity index (χ3v) is 2.11. The molecular weight excluding hydrogens is 207 g/mol. The Labute approximate surface area is 86.1 Å². The summed E-state index contributed by atoms with van der Waals surface area (Å²) in [5, 5.41) is 9.32. The topological polar surface area (TPSA) is 40.7 Å². The Balaban J connectivity index is 2.35. The molecule has 1 heterocycles. The number of nitrogens with one attached hydrogen (secondary N) is 2. The van der Waals surface area contributed by atoms with E-state index in [0.29, 0.717) is 6.54 Å². The van der Waals surface area contributed by atoms with Gasteiger partial charge in [0.2, 0.25) is 0 Å². The molecule has 1 rings (SSSR count). The summed E-state index contributed by atoms with van der Waals surface area (Å²) in [6.45, 7) is 3.75. The van der Waals surface area contributed by atoms with Gasteiger partial charge in [0.05, 0.1) is 12.6 Å². The number of H-pyrrole nitrogens is 1. The molecule has 0 spiro atoms. The van der Waals surface area contributed by atoms with Gasteiger partial charge in [-0.3, -0.25) is 5.10 Å². The van der Waals surface area contributed by atoms with Crippen LogP contribution in [0.3, 0.4) is 0 Å². The Bertz CT molecular complexity index is 306. The minimum absolute atomic E-state index is 0.402. The second-order valence-corrected chi connectivity index (χ2v) is 3.62. The summed E-state index contributed by atoms with van der Waals surface area (Å²) in [6.07, 6.45) is -3.32. The van der Waals surface area contributed by atoms with Crippen LogP contribution in [0.4, 0.5) is 13.2 Å². The van der Waals surface area contributed by atoms with Crippen molar-refractivity contribution in [2.75, 3.05) is 0 Å². The maximum Gasteiger partial charge on any atom is 0.390 e. The number of halogens is 3. The summed E-state index contributed by atoms with van der Waals surface area (Å²) < 4.78 is 36.0. The average molecular weight is 221 g/mol. The standard InChI is InChI=1S/C9H14F3N3/c1-6(3-9(10,11)12)13-4-8-5-14-15-7(8)2/h5-6,13H,3-4H2,1-2H3,(H,14,15). The number of aromatic nitrogens is 2. The lowest BCUT2D eigenvalue weighted by Gasteiger charge is -2.15. The van der Waals surface area contributed by atoms with Crippen LogP contribution in [0.2, 0.25) is 0 Å². The molecule has 0 fully saturated rings. The number of rotatable bonds is 4. The first-order valence-corrected chi connectivity index (χ1v) is 4.67. The fourth-order valence-electron chi connectivity index (χ4n) is 1.26. The molecule has 1 atom stereocenters. The van der Waals surface area contributed by atoms with Crippen LogP contribution < -0.4 is 5.32 Å². The van der Waals surface area contributed by atoms with E-state index in [1.807, 2.05) is 6.92 Å². The van der Waals surface area contributed by atoms with E-state index in [2.05, 4.69) is 15.5 Å². The molecule has 0 radical (unpaired) electrons. The largest absolute Gasteiger partial charge is 0.390 e. The molecule has 1 aromatic rings. The van der Waals surface area contributed by atoms with Crippen molar-refractivity contribution in [2.24, 2.45) is 0 Å². The Morgan fingerprint density at radius 2 is 2.20 bits per heavy atom. The van der Waals surface area contributed by atoms with Crippen LogP contribution in [-0.2, 0) is 6.54 Å². The van der Waals surface area contributed by atoms with Crippen molar-refractivity contribution in [1.29, 1.82) is 0 Å². The predicted molar refractivity (Wildman–Crippen MR) is 50.3 cm³/mol. The molecule has 0 aliphatic heterocycles. The highest BCUT2D eigenvalue weighted by Crippen LogP contribution is 2.21. The van der Waals surface area contributed by atoms with Crippen molar-refractivity contribution in [3.05, 3.63) is 17.5 Å². The van der Waals surface area contributed by atoms with E-state index in [9.17, 15) is 13.2 Å². The van der Waals surface area contributed by atoms with Gasteiger partial charge in [-0.05, 0) is 13.8 Å². The molecule has 1 aromatic heterocycles. The molecule has 6 heteroatoms. The van der Waals surface area contributed by atoms with Gasteiger partial charge in [0.1, 0.15) is 0 Å². The monoisotopic (exact) mass is 221 g/mol. The van der Waals surface area contributed by atoms with Crippen LogP contribution in [0.1, 0.15) is 24.6 Å². The second kappa shape index (κ2) is 4.65. The van der Waals surface area contributed by atoms with Gasteiger partial charge in [0.15, 0.2) is 0 Å². The van der Waals surface area contributed by atoms with Crippen molar-refractivity contribution in [2.45, 2.75) is 39.0 Å². The van der Waals surface area contributed by atoms with Crippen molar-refractivity contribution in [3.63, 3.8) is 0 Å². The van der Waals surface area contributed by atoms with Gasteiger partial charge in [-0.2, -0.15) is 18.3 Å². The minimum Gasteiger partial charge on any atom is -0.310 e. The Morgan fingerprint density at radius 3 is 2.67 bits per heavy atom.